The summed E-state index contributed by atoms with van der Waals surface area (Å²) in [6, 6.07) is 4.32. The highest BCUT2D eigenvalue weighted by Gasteiger charge is 2.43. The number of hydrogen-bond acceptors (Lipinski definition) is 6. The van der Waals surface area contributed by atoms with Gasteiger partial charge in [-0.3, -0.25) is 14.3 Å². The number of aromatic nitrogens is 3. The van der Waals surface area contributed by atoms with E-state index in [0.29, 0.717) is 0 Å². The smallest absolute Gasteiger partial charge is 0.248 e. The van der Waals surface area contributed by atoms with Crippen molar-refractivity contribution in [2.75, 3.05) is 6.54 Å². The first kappa shape index (κ1) is 28.5. The summed E-state index contributed by atoms with van der Waals surface area (Å²) >= 11 is 0. The molecule has 3 aromatic rings. The van der Waals surface area contributed by atoms with E-state index in [2.05, 4.69) is 36.2 Å². The molecule has 1 saturated heterocycles. The van der Waals surface area contributed by atoms with Gasteiger partial charge in [0.1, 0.15) is 12.1 Å². The fraction of sp³-hybridized carbons (Fsp3) is 0.533. The molecule has 9 heteroatoms. The number of benzene rings is 1. The SMILES string of the molecule is Cc1cc(-c2ocnc2C)ccc1C(C)NC(=O)C1CC(O)CN1C(=O)C(C(C)C)n1cc(C(C)(C)C)cn1. The van der Waals surface area contributed by atoms with Gasteiger partial charge < -0.3 is 19.7 Å². The minimum atomic E-state index is -0.762. The minimum absolute atomic E-state index is 0.0558. The van der Waals surface area contributed by atoms with Crippen molar-refractivity contribution in [2.24, 2.45) is 5.92 Å². The summed E-state index contributed by atoms with van der Waals surface area (Å²) < 4.78 is 7.22. The Labute approximate surface area is 230 Å². The van der Waals surface area contributed by atoms with E-state index < -0.39 is 18.2 Å². The Bertz CT molecular complexity index is 1340. The summed E-state index contributed by atoms with van der Waals surface area (Å²) in [5.74, 6) is 0.183. The molecular formula is C30H41N5O4. The highest BCUT2D eigenvalue weighted by atomic mass is 16.3. The van der Waals surface area contributed by atoms with E-state index in [1.165, 1.54) is 11.3 Å². The Balaban J connectivity index is 1.52. The second kappa shape index (κ2) is 11.0. The first-order chi connectivity index (χ1) is 18.3. The zero-order chi connectivity index (χ0) is 28.6. The molecule has 2 amide bonds. The molecule has 4 atom stereocenters. The molecule has 2 aromatic heterocycles. The lowest BCUT2D eigenvalue weighted by Crippen LogP contribution is -2.49. The number of rotatable bonds is 7. The van der Waals surface area contributed by atoms with Gasteiger partial charge in [0.05, 0.1) is 24.0 Å². The first-order valence-corrected chi connectivity index (χ1v) is 13.6. The van der Waals surface area contributed by atoms with Crippen molar-refractivity contribution in [1.82, 2.24) is 25.0 Å². The standard InChI is InChI=1S/C30H41N5O4/c1-17(2)26(35-14-22(13-32-35)30(6,7)8)29(38)34-15-23(36)12-25(34)28(37)33-19(4)24-10-9-21(11-18(24)3)27-20(5)31-16-39-27/h9-11,13-14,16-17,19,23,25-26,36H,12,15H2,1-8H3,(H,33,37). The highest BCUT2D eigenvalue weighted by molar-refractivity contribution is 5.90. The average molecular weight is 536 g/mol. The molecule has 0 radical (unpaired) electrons. The number of nitrogens with zero attached hydrogens (tertiary/aromatic N) is 4. The number of carbonyl (C=O) groups excluding carboxylic acids is 2. The van der Waals surface area contributed by atoms with Crippen LogP contribution in [0.15, 0.2) is 41.4 Å². The molecule has 0 spiro atoms. The summed E-state index contributed by atoms with van der Waals surface area (Å²) in [4.78, 5) is 33.0. The van der Waals surface area contributed by atoms with Crippen LogP contribution in [0.25, 0.3) is 11.3 Å². The van der Waals surface area contributed by atoms with Crippen LogP contribution in [-0.2, 0) is 15.0 Å². The van der Waals surface area contributed by atoms with Gasteiger partial charge in [0, 0.05) is 24.7 Å². The van der Waals surface area contributed by atoms with Crippen molar-refractivity contribution in [1.29, 1.82) is 0 Å². The van der Waals surface area contributed by atoms with E-state index in [1.807, 2.05) is 59.0 Å². The molecular weight excluding hydrogens is 494 g/mol. The largest absolute Gasteiger partial charge is 0.443 e. The maximum Gasteiger partial charge on any atom is 0.248 e. The van der Waals surface area contributed by atoms with Crippen LogP contribution in [0.3, 0.4) is 0 Å². The molecule has 9 nitrogen and oxygen atoms in total. The molecule has 1 aromatic carbocycles. The Morgan fingerprint density at radius 3 is 2.46 bits per heavy atom. The molecule has 1 fully saturated rings. The molecule has 3 heterocycles. The number of aliphatic hydroxyl groups excluding tert-OH is 1. The number of aliphatic hydroxyl groups is 1. The Hall–Kier alpha value is -3.46. The third-order valence-electron chi connectivity index (χ3n) is 7.60. The summed E-state index contributed by atoms with van der Waals surface area (Å²) in [6.07, 6.45) is 4.58. The number of β-amino-alcohol motifs (C(OH)–C–C–N with tert-alkyl or cyclic N) is 1. The van der Waals surface area contributed by atoms with E-state index in [-0.39, 0.29) is 42.2 Å². The zero-order valence-corrected chi connectivity index (χ0v) is 24.2. The summed E-state index contributed by atoms with van der Waals surface area (Å²) in [5.41, 5.74) is 4.64. The zero-order valence-electron chi connectivity index (χ0n) is 24.2. The van der Waals surface area contributed by atoms with Crippen molar-refractivity contribution >= 4 is 11.8 Å². The molecule has 210 valence electrons. The van der Waals surface area contributed by atoms with Gasteiger partial charge >= 0.3 is 0 Å². The van der Waals surface area contributed by atoms with E-state index in [1.54, 1.807) is 10.9 Å². The van der Waals surface area contributed by atoms with E-state index in [9.17, 15) is 14.7 Å². The molecule has 0 bridgehead atoms. The quantitative estimate of drug-likeness (QED) is 0.461. The lowest BCUT2D eigenvalue weighted by atomic mass is 9.90. The molecule has 0 aliphatic carbocycles. The van der Waals surface area contributed by atoms with Crippen LogP contribution in [0.5, 0.6) is 0 Å². The number of likely N-dealkylation sites (tertiary alicyclic amines) is 1. The Morgan fingerprint density at radius 1 is 1.18 bits per heavy atom. The van der Waals surface area contributed by atoms with Gasteiger partial charge in [-0.05, 0) is 54.9 Å². The van der Waals surface area contributed by atoms with Crippen LogP contribution >= 0.6 is 0 Å². The molecule has 2 N–H and O–H groups in total. The van der Waals surface area contributed by atoms with Gasteiger partial charge in [-0.25, -0.2) is 4.98 Å². The fourth-order valence-electron chi connectivity index (χ4n) is 5.33. The third kappa shape index (κ3) is 5.93. The lowest BCUT2D eigenvalue weighted by molar-refractivity contribution is -0.142. The summed E-state index contributed by atoms with van der Waals surface area (Å²) in [6.45, 7) is 16.2. The van der Waals surface area contributed by atoms with Crippen LogP contribution in [0.2, 0.25) is 0 Å². The fourth-order valence-corrected chi connectivity index (χ4v) is 5.33. The Kier molecular flexibility index (Phi) is 8.02. The molecule has 1 aliphatic heterocycles. The van der Waals surface area contributed by atoms with Gasteiger partial charge in [0.15, 0.2) is 12.2 Å². The number of hydrogen-bond donors (Lipinski definition) is 2. The van der Waals surface area contributed by atoms with Gasteiger partial charge in [0.25, 0.3) is 0 Å². The van der Waals surface area contributed by atoms with Crippen molar-refractivity contribution < 1.29 is 19.1 Å². The predicted octanol–water partition coefficient (Wildman–Crippen LogP) is 4.49. The monoisotopic (exact) mass is 535 g/mol. The summed E-state index contributed by atoms with van der Waals surface area (Å²) in [5, 5.41) is 18.1. The van der Waals surface area contributed by atoms with Crippen LogP contribution < -0.4 is 5.32 Å². The minimum Gasteiger partial charge on any atom is -0.443 e. The molecule has 1 aliphatic rings. The normalized spacial score (nSPS) is 19.4. The number of aryl methyl sites for hydroxylation is 2. The van der Waals surface area contributed by atoms with Crippen LogP contribution in [-0.4, -0.2) is 55.3 Å². The van der Waals surface area contributed by atoms with Gasteiger partial charge in [0.2, 0.25) is 11.8 Å². The lowest BCUT2D eigenvalue weighted by Gasteiger charge is -2.31. The van der Waals surface area contributed by atoms with Gasteiger partial charge in [-0.15, -0.1) is 0 Å². The maximum atomic E-state index is 13.9. The average Bonchev–Trinajstić information content (AvgIpc) is 3.58. The number of nitrogens with one attached hydrogen (secondary N) is 1. The number of oxazole rings is 1. The number of carbonyl (C=O) groups is 2. The van der Waals surface area contributed by atoms with Gasteiger partial charge in [-0.2, -0.15) is 5.10 Å². The highest BCUT2D eigenvalue weighted by Crippen LogP contribution is 2.30. The van der Waals surface area contributed by atoms with E-state index in [0.717, 1.165) is 33.7 Å². The topological polar surface area (TPSA) is 113 Å². The van der Waals surface area contributed by atoms with Crippen LogP contribution in [0.1, 0.15) is 82.4 Å². The first-order valence-electron chi connectivity index (χ1n) is 13.6. The van der Waals surface area contributed by atoms with Crippen LogP contribution in [0.4, 0.5) is 0 Å². The molecule has 0 saturated carbocycles. The van der Waals surface area contributed by atoms with Gasteiger partial charge in [-0.1, -0.05) is 46.8 Å². The van der Waals surface area contributed by atoms with Crippen LogP contribution in [0, 0.1) is 19.8 Å². The maximum absolute atomic E-state index is 13.9. The van der Waals surface area contributed by atoms with Crippen molar-refractivity contribution in [3.8, 4) is 11.3 Å². The predicted molar refractivity (Wildman–Crippen MR) is 149 cm³/mol. The van der Waals surface area contributed by atoms with E-state index >= 15 is 0 Å². The Morgan fingerprint density at radius 2 is 1.90 bits per heavy atom. The molecule has 4 unspecified atom stereocenters. The van der Waals surface area contributed by atoms with Crippen molar-refractivity contribution in [3.05, 3.63) is 59.4 Å². The molecule has 39 heavy (non-hydrogen) atoms. The number of amides is 2. The second-order valence-corrected chi connectivity index (χ2v) is 12.1. The third-order valence-corrected chi connectivity index (χ3v) is 7.60. The van der Waals surface area contributed by atoms with E-state index in [4.69, 9.17) is 4.42 Å². The van der Waals surface area contributed by atoms with Crippen molar-refractivity contribution in [2.45, 2.75) is 91.5 Å². The van der Waals surface area contributed by atoms with Crippen molar-refractivity contribution in [3.63, 3.8) is 0 Å². The second-order valence-electron chi connectivity index (χ2n) is 12.1. The molecule has 4 rings (SSSR count). The summed E-state index contributed by atoms with van der Waals surface area (Å²) in [7, 11) is 0.